The molecule has 2 atom stereocenters. The number of aromatic amines is 1. The highest BCUT2D eigenvalue weighted by molar-refractivity contribution is 5.96. The average Bonchev–Trinajstić information content (AvgIpc) is 3.16. The van der Waals surface area contributed by atoms with E-state index >= 15 is 0 Å². The Kier molecular flexibility index (Phi) is 4.73. The average molecular weight is 360 g/mol. The maximum atomic E-state index is 13.2. The van der Waals surface area contributed by atoms with Crippen LogP contribution >= 0.6 is 0 Å². The van der Waals surface area contributed by atoms with E-state index in [4.69, 9.17) is 0 Å². The minimum atomic E-state index is -0.860. The molecule has 0 unspecified atom stereocenters. The number of hydrogen-bond acceptors (Lipinski definition) is 4. The first kappa shape index (κ1) is 17.5. The maximum Gasteiger partial charge on any atom is 0.257 e. The van der Waals surface area contributed by atoms with E-state index in [1.54, 1.807) is 11.1 Å². The van der Waals surface area contributed by atoms with Gasteiger partial charge in [-0.2, -0.15) is 5.10 Å². The number of aliphatic hydroxyl groups is 1. The Labute approximate surface area is 153 Å². The zero-order chi connectivity index (χ0) is 18.1. The van der Waals surface area contributed by atoms with Crippen molar-refractivity contribution >= 4 is 11.8 Å². The molecule has 1 aromatic rings. The van der Waals surface area contributed by atoms with Crippen LogP contribution in [0.15, 0.2) is 6.20 Å². The van der Waals surface area contributed by atoms with Crippen molar-refractivity contribution in [3.05, 3.63) is 17.5 Å². The lowest BCUT2D eigenvalue weighted by Crippen LogP contribution is -2.62. The molecule has 1 spiro atoms. The Morgan fingerprint density at radius 1 is 1.23 bits per heavy atom. The molecular formula is C19H28N4O3. The highest BCUT2D eigenvalue weighted by Gasteiger charge is 2.50. The molecule has 0 bridgehead atoms. The second-order valence-corrected chi connectivity index (χ2v) is 8.08. The van der Waals surface area contributed by atoms with Crippen LogP contribution in [-0.2, 0) is 4.79 Å². The topological polar surface area (TPSA) is 98.3 Å². The predicted octanol–water partition coefficient (Wildman–Crippen LogP) is 1.56. The molecular weight excluding hydrogens is 332 g/mol. The molecule has 2 saturated heterocycles. The van der Waals surface area contributed by atoms with E-state index < -0.39 is 11.5 Å². The molecule has 3 N–H and O–H groups in total. The van der Waals surface area contributed by atoms with Crippen LogP contribution in [0.25, 0.3) is 0 Å². The van der Waals surface area contributed by atoms with Gasteiger partial charge in [0, 0.05) is 25.6 Å². The van der Waals surface area contributed by atoms with E-state index in [9.17, 15) is 14.7 Å². The third-order valence-electron chi connectivity index (χ3n) is 6.52. The molecule has 26 heavy (non-hydrogen) atoms. The van der Waals surface area contributed by atoms with Crippen LogP contribution in [0.2, 0.25) is 0 Å². The summed E-state index contributed by atoms with van der Waals surface area (Å²) >= 11 is 0. The van der Waals surface area contributed by atoms with Crippen molar-refractivity contribution in [3.63, 3.8) is 0 Å². The fourth-order valence-electron chi connectivity index (χ4n) is 4.96. The van der Waals surface area contributed by atoms with Gasteiger partial charge in [-0.3, -0.25) is 14.7 Å². The van der Waals surface area contributed by atoms with Gasteiger partial charge in [-0.25, -0.2) is 0 Å². The molecule has 142 valence electrons. The van der Waals surface area contributed by atoms with Gasteiger partial charge in [0.15, 0.2) is 0 Å². The summed E-state index contributed by atoms with van der Waals surface area (Å²) in [4.78, 5) is 27.5. The SMILES string of the molecule is O=C(c1cn[nH]c1C1CCCCC1)N1CC[C@H](O)[C@@]2(CCCNC2=O)C1. The van der Waals surface area contributed by atoms with Crippen LogP contribution in [0.1, 0.15) is 73.3 Å². The quantitative estimate of drug-likeness (QED) is 0.745. The van der Waals surface area contributed by atoms with Gasteiger partial charge in [0.05, 0.1) is 29.0 Å². The van der Waals surface area contributed by atoms with E-state index in [0.717, 1.165) is 25.0 Å². The highest BCUT2D eigenvalue weighted by atomic mass is 16.3. The molecule has 3 heterocycles. The van der Waals surface area contributed by atoms with Gasteiger partial charge >= 0.3 is 0 Å². The first-order chi connectivity index (χ1) is 12.6. The molecule has 2 amide bonds. The van der Waals surface area contributed by atoms with Crippen LogP contribution in [0.5, 0.6) is 0 Å². The van der Waals surface area contributed by atoms with Gasteiger partial charge < -0.3 is 15.3 Å². The normalized spacial score (nSPS) is 30.4. The fraction of sp³-hybridized carbons (Fsp3) is 0.737. The molecule has 7 nitrogen and oxygen atoms in total. The van der Waals surface area contributed by atoms with Crippen LogP contribution in [0.4, 0.5) is 0 Å². The van der Waals surface area contributed by atoms with Gasteiger partial charge in [-0.05, 0) is 32.1 Å². The summed E-state index contributed by atoms with van der Waals surface area (Å²) in [5.41, 5.74) is 0.726. The van der Waals surface area contributed by atoms with E-state index in [-0.39, 0.29) is 18.4 Å². The molecule has 3 aliphatic rings. The van der Waals surface area contributed by atoms with Crippen molar-refractivity contribution in [3.8, 4) is 0 Å². The molecule has 1 aromatic heterocycles. The smallest absolute Gasteiger partial charge is 0.257 e. The minimum Gasteiger partial charge on any atom is -0.392 e. The largest absolute Gasteiger partial charge is 0.392 e. The number of aliphatic hydroxyl groups excluding tert-OH is 1. The fourth-order valence-corrected chi connectivity index (χ4v) is 4.96. The van der Waals surface area contributed by atoms with Crippen molar-refractivity contribution in [1.29, 1.82) is 0 Å². The minimum absolute atomic E-state index is 0.0658. The number of H-pyrrole nitrogens is 1. The van der Waals surface area contributed by atoms with Gasteiger partial charge in [0.25, 0.3) is 5.91 Å². The maximum absolute atomic E-state index is 13.2. The number of carbonyl (C=O) groups excluding carboxylic acids is 2. The summed E-state index contributed by atoms with van der Waals surface area (Å²) in [6.45, 7) is 1.41. The third-order valence-corrected chi connectivity index (χ3v) is 6.52. The summed E-state index contributed by atoms with van der Waals surface area (Å²) in [5, 5.41) is 20.6. The number of piperidine rings is 2. The van der Waals surface area contributed by atoms with E-state index in [1.807, 2.05) is 0 Å². The Bertz CT molecular complexity index is 682. The number of rotatable bonds is 2. The number of likely N-dealkylation sites (tertiary alicyclic amines) is 1. The van der Waals surface area contributed by atoms with Gasteiger partial charge in [-0.15, -0.1) is 0 Å². The van der Waals surface area contributed by atoms with Crippen molar-refractivity contribution in [2.45, 2.75) is 63.4 Å². The Balaban J connectivity index is 1.55. The highest BCUT2D eigenvalue weighted by Crippen LogP contribution is 2.39. The lowest BCUT2D eigenvalue weighted by Gasteiger charge is -2.46. The second-order valence-electron chi connectivity index (χ2n) is 8.08. The lowest BCUT2D eigenvalue weighted by atomic mass is 9.71. The van der Waals surface area contributed by atoms with Crippen molar-refractivity contribution in [1.82, 2.24) is 20.4 Å². The lowest BCUT2D eigenvalue weighted by molar-refractivity contribution is -0.147. The summed E-state index contributed by atoms with van der Waals surface area (Å²) in [6.07, 6.45) is 8.67. The van der Waals surface area contributed by atoms with Crippen LogP contribution < -0.4 is 5.32 Å². The summed E-state index contributed by atoms with van der Waals surface area (Å²) in [6, 6.07) is 0. The Morgan fingerprint density at radius 2 is 2.04 bits per heavy atom. The molecule has 1 saturated carbocycles. The first-order valence-electron chi connectivity index (χ1n) is 9.91. The van der Waals surface area contributed by atoms with Gasteiger partial charge in [0.1, 0.15) is 0 Å². The molecule has 1 aliphatic carbocycles. The number of amides is 2. The van der Waals surface area contributed by atoms with Gasteiger partial charge in [0.2, 0.25) is 5.91 Å². The molecule has 2 aliphatic heterocycles. The first-order valence-corrected chi connectivity index (χ1v) is 9.91. The van der Waals surface area contributed by atoms with Crippen LogP contribution in [-0.4, -0.2) is 57.8 Å². The monoisotopic (exact) mass is 360 g/mol. The molecule has 4 rings (SSSR count). The van der Waals surface area contributed by atoms with Crippen LogP contribution in [0, 0.1) is 5.41 Å². The summed E-state index contributed by atoms with van der Waals surface area (Å²) in [7, 11) is 0. The Hall–Kier alpha value is -1.89. The van der Waals surface area contributed by atoms with E-state index in [1.165, 1.54) is 19.3 Å². The Morgan fingerprint density at radius 3 is 2.81 bits per heavy atom. The standard InChI is InChI=1S/C19H28N4O3/c24-15-7-10-23(12-19(15)8-4-9-20-18(19)26)17(25)14-11-21-22-16(14)13-5-2-1-3-6-13/h11,13,15,24H,1-10,12H2,(H,20,26)(H,21,22)/t15-,19+/m0/s1. The number of nitrogens with one attached hydrogen (secondary N) is 2. The van der Waals surface area contributed by atoms with Crippen molar-refractivity contribution in [2.75, 3.05) is 19.6 Å². The predicted molar refractivity (Wildman–Crippen MR) is 95.6 cm³/mol. The van der Waals surface area contributed by atoms with Gasteiger partial charge in [-0.1, -0.05) is 19.3 Å². The van der Waals surface area contributed by atoms with E-state index in [2.05, 4.69) is 15.5 Å². The van der Waals surface area contributed by atoms with Crippen molar-refractivity contribution in [2.24, 2.45) is 5.41 Å². The third kappa shape index (κ3) is 2.92. The van der Waals surface area contributed by atoms with E-state index in [0.29, 0.717) is 37.4 Å². The molecule has 0 aromatic carbocycles. The molecule has 0 radical (unpaired) electrons. The summed E-state index contributed by atoms with van der Waals surface area (Å²) in [5.74, 6) is 0.185. The summed E-state index contributed by atoms with van der Waals surface area (Å²) < 4.78 is 0. The number of carbonyl (C=O) groups is 2. The second kappa shape index (κ2) is 7.02. The zero-order valence-corrected chi connectivity index (χ0v) is 15.2. The van der Waals surface area contributed by atoms with Crippen LogP contribution in [0.3, 0.4) is 0 Å². The molecule has 3 fully saturated rings. The van der Waals surface area contributed by atoms with Crippen molar-refractivity contribution < 1.29 is 14.7 Å². The molecule has 7 heteroatoms. The number of aromatic nitrogens is 2. The zero-order valence-electron chi connectivity index (χ0n) is 15.2. The number of nitrogens with zero attached hydrogens (tertiary/aromatic N) is 2. The number of hydrogen-bond donors (Lipinski definition) is 3.